The molecule has 2 heterocycles. The van der Waals surface area contributed by atoms with E-state index in [9.17, 15) is 24.3 Å². The van der Waals surface area contributed by atoms with Crippen LogP contribution < -0.4 is 16.4 Å². The second-order valence-corrected chi connectivity index (χ2v) is 9.01. The zero-order chi connectivity index (χ0) is 24.8. The van der Waals surface area contributed by atoms with E-state index in [1.807, 2.05) is 6.08 Å². The van der Waals surface area contributed by atoms with Gasteiger partial charge in [0.05, 0.1) is 13.0 Å². The van der Waals surface area contributed by atoms with Crippen LogP contribution in [0.4, 0.5) is 0 Å². The number of ether oxygens (including phenoxy) is 1. The Morgan fingerprint density at radius 3 is 2.50 bits per heavy atom. The number of esters is 1. The maximum Gasteiger partial charge on any atom is 0.310 e. The van der Waals surface area contributed by atoms with Gasteiger partial charge < -0.3 is 31.1 Å². The second-order valence-electron chi connectivity index (χ2n) is 9.01. The average molecular weight is 473 g/mol. The number of nitrogens with zero attached hydrogens (tertiary/aromatic N) is 1. The summed E-state index contributed by atoms with van der Waals surface area (Å²) >= 11 is 0. The fourth-order valence-corrected chi connectivity index (χ4v) is 3.97. The summed E-state index contributed by atoms with van der Waals surface area (Å²) in [4.78, 5) is 49.7. The molecule has 0 aliphatic carbocycles. The maximum absolute atomic E-state index is 12.9. The van der Waals surface area contributed by atoms with E-state index in [4.69, 9.17) is 5.73 Å². The molecule has 10 nitrogen and oxygen atoms in total. The molecule has 0 bridgehead atoms. The zero-order valence-electron chi connectivity index (χ0n) is 19.5. The lowest BCUT2D eigenvalue weighted by Gasteiger charge is -2.25. The minimum Gasteiger partial charge on any atom is -0.434 e. The van der Waals surface area contributed by atoms with Crippen molar-refractivity contribution in [2.24, 2.45) is 11.7 Å². The smallest absolute Gasteiger partial charge is 0.310 e. The molecular weight excluding hydrogens is 440 g/mol. The zero-order valence-corrected chi connectivity index (χ0v) is 19.5. The highest BCUT2D eigenvalue weighted by Gasteiger charge is 2.36. The summed E-state index contributed by atoms with van der Waals surface area (Å²) in [6, 6.07) is 7.46. The van der Waals surface area contributed by atoms with Crippen LogP contribution in [0.5, 0.6) is 0 Å². The number of aliphatic hydroxyl groups excluding tert-OH is 1. The molecule has 1 saturated heterocycles. The van der Waals surface area contributed by atoms with Gasteiger partial charge in [-0.1, -0.05) is 44.2 Å². The van der Waals surface area contributed by atoms with Crippen LogP contribution in [0.3, 0.4) is 0 Å². The molecule has 0 aromatic heterocycles. The SMILES string of the molecule is CC(C)c1ccc(CNCC2=CCC(C(N)=O)C(=O)N(CC(=O)NC3CC(=O)OC3O)C2)cc1. The number of rotatable bonds is 9. The average Bonchev–Trinajstić information content (AvgIpc) is 2.99. The molecule has 3 amide bonds. The van der Waals surface area contributed by atoms with Gasteiger partial charge in [-0.15, -0.1) is 0 Å². The van der Waals surface area contributed by atoms with Crippen LogP contribution in [-0.4, -0.2) is 65.7 Å². The van der Waals surface area contributed by atoms with E-state index in [-0.39, 0.29) is 25.9 Å². The highest BCUT2D eigenvalue weighted by atomic mass is 16.6. The molecule has 34 heavy (non-hydrogen) atoms. The Kier molecular flexibility index (Phi) is 8.41. The first-order valence-corrected chi connectivity index (χ1v) is 11.4. The highest BCUT2D eigenvalue weighted by Crippen LogP contribution is 2.18. The Bertz CT molecular complexity index is 959. The van der Waals surface area contributed by atoms with Gasteiger partial charge in [0.2, 0.25) is 24.0 Å². The first-order valence-electron chi connectivity index (χ1n) is 11.4. The Labute approximate surface area is 198 Å². The van der Waals surface area contributed by atoms with Gasteiger partial charge in [-0.05, 0) is 29.0 Å². The number of allylic oxidation sites excluding steroid dienone is 1. The molecular formula is C24H32N4O6. The maximum atomic E-state index is 12.9. The molecule has 5 N–H and O–H groups in total. The quantitative estimate of drug-likeness (QED) is 0.223. The van der Waals surface area contributed by atoms with Gasteiger partial charge in [-0.2, -0.15) is 0 Å². The molecule has 2 aliphatic rings. The lowest BCUT2D eigenvalue weighted by Crippen LogP contribution is -2.49. The van der Waals surface area contributed by atoms with Crippen molar-refractivity contribution in [2.45, 2.75) is 51.5 Å². The summed E-state index contributed by atoms with van der Waals surface area (Å²) in [6.45, 7) is 5.18. The normalized spacial score (nSPS) is 22.9. The van der Waals surface area contributed by atoms with Crippen molar-refractivity contribution >= 4 is 23.7 Å². The minimum atomic E-state index is -1.43. The molecule has 10 heteroatoms. The van der Waals surface area contributed by atoms with Crippen molar-refractivity contribution < 1.29 is 29.0 Å². The number of hydrogen-bond acceptors (Lipinski definition) is 7. The summed E-state index contributed by atoms with van der Waals surface area (Å²) in [5, 5.41) is 15.5. The number of nitrogens with two attached hydrogens (primary N) is 1. The number of aliphatic hydroxyl groups is 1. The molecule has 184 valence electrons. The summed E-state index contributed by atoms with van der Waals surface area (Å²) in [7, 11) is 0. The Balaban J connectivity index is 1.60. The van der Waals surface area contributed by atoms with Crippen molar-refractivity contribution in [2.75, 3.05) is 19.6 Å². The van der Waals surface area contributed by atoms with E-state index in [2.05, 4.69) is 53.5 Å². The van der Waals surface area contributed by atoms with Crippen molar-refractivity contribution in [1.82, 2.24) is 15.5 Å². The van der Waals surface area contributed by atoms with Gasteiger partial charge >= 0.3 is 5.97 Å². The molecule has 0 spiro atoms. The van der Waals surface area contributed by atoms with Crippen molar-refractivity contribution in [3.05, 3.63) is 47.0 Å². The van der Waals surface area contributed by atoms with Gasteiger partial charge in [-0.25, -0.2) is 0 Å². The van der Waals surface area contributed by atoms with Crippen LogP contribution in [0.1, 0.15) is 43.7 Å². The third-order valence-electron chi connectivity index (χ3n) is 5.98. The lowest BCUT2D eigenvalue weighted by molar-refractivity contribution is -0.155. The number of carbonyl (C=O) groups excluding carboxylic acids is 4. The molecule has 0 saturated carbocycles. The van der Waals surface area contributed by atoms with Crippen LogP contribution >= 0.6 is 0 Å². The van der Waals surface area contributed by atoms with Gasteiger partial charge in [-0.3, -0.25) is 19.2 Å². The van der Waals surface area contributed by atoms with Gasteiger partial charge in [0.15, 0.2) is 0 Å². The lowest BCUT2D eigenvalue weighted by atomic mass is 10.0. The van der Waals surface area contributed by atoms with Crippen LogP contribution in [0.2, 0.25) is 0 Å². The number of carbonyl (C=O) groups is 4. The van der Waals surface area contributed by atoms with E-state index >= 15 is 0 Å². The second kappa shape index (κ2) is 11.3. The number of cyclic esters (lactones) is 1. The first kappa shape index (κ1) is 25.4. The van der Waals surface area contributed by atoms with Gasteiger partial charge in [0.25, 0.3) is 0 Å². The number of nitrogens with one attached hydrogen (secondary N) is 2. The summed E-state index contributed by atoms with van der Waals surface area (Å²) < 4.78 is 4.61. The van der Waals surface area contributed by atoms with Gasteiger partial charge in [0, 0.05) is 19.6 Å². The molecule has 3 atom stereocenters. The molecule has 3 rings (SSSR count). The molecule has 1 fully saturated rings. The fraction of sp³-hybridized carbons (Fsp3) is 0.500. The number of primary amides is 1. The number of benzene rings is 1. The molecule has 2 aliphatic heterocycles. The molecule has 0 radical (unpaired) electrons. The molecule has 3 unspecified atom stereocenters. The van der Waals surface area contributed by atoms with Crippen LogP contribution in [0.25, 0.3) is 0 Å². The Morgan fingerprint density at radius 2 is 1.91 bits per heavy atom. The highest BCUT2D eigenvalue weighted by molar-refractivity contribution is 6.01. The van der Waals surface area contributed by atoms with E-state index in [1.54, 1.807) is 0 Å². The van der Waals surface area contributed by atoms with Crippen molar-refractivity contribution in [3.8, 4) is 0 Å². The largest absolute Gasteiger partial charge is 0.434 e. The predicted molar refractivity (Wildman–Crippen MR) is 123 cm³/mol. The van der Waals surface area contributed by atoms with E-state index < -0.39 is 41.9 Å². The third-order valence-corrected chi connectivity index (χ3v) is 5.98. The summed E-state index contributed by atoms with van der Waals surface area (Å²) in [5.41, 5.74) is 8.66. The van der Waals surface area contributed by atoms with E-state index in [1.165, 1.54) is 10.5 Å². The summed E-state index contributed by atoms with van der Waals surface area (Å²) in [5.74, 6) is -3.07. The topological polar surface area (TPSA) is 151 Å². The molecule has 1 aromatic carbocycles. The van der Waals surface area contributed by atoms with Crippen LogP contribution in [-0.2, 0) is 30.5 Å². The van der Waals surface area contributed by atoms with Crippen molar-refractivity contribution in [1.29, 1.82) is 0 Å². The summed E-state index contributed by atoms with van der Waals surface area (Å²) in [6.07, 6.45) is 0.394. The van der Waals surface area contributed by atoms with Crippen LogP contribution in [0, 0.1) is 5.92 Å². The first-order chi connectivity index (χ1) is 16.1. The monoisotopic (exact) mass is 472 g/mol. The third kappa shape index (κ3) is 6.64. The van der Waals surface area contributed by atoms with E-state index in [0.717, 1.165) is 11.1 Å². The van der Waals surface area contributed by atoms with E-state index in [0.29, 0.717) is 19.0 Å². The number of hydrogen-bond donors (Lipinski definition) is 4. The molecule has 1 aromatic rings. The minimum absolute atomic E-state index is 0.151. The Morgan fingerprint density at radius 1 is 1.21 bits per heavy atom. The van der Waals surface area contributed by atoms with Crippen LogP contribution in [0.15, 0.2) is 35.9 Å². The predicted octanol–water partition coefficient (Wildman–Crippen LogP) is -0.0901. The standard InChI is InChI=1S/C24H32N4O6/c1-14(2)17-6-3-15(4-7-17)10-26-11-16-5-8-18(22(25)31)23(32)28(12-16)13-20(29)27-19-9-21(30)34-24(19)33/h3-7,14,18-19,24,26,33H,8-13H2,1-2H3,(H2,25,31)(H,27,29). The van der Waals surface area contributed by atoms with Gasteiger partial charge in [0.1, 0.15) is 12.0 Å². The van der Waals surface area contributed by atoms with Crippen molar-refractivity contribution in [3.63, 3.8) is 0 Å². The fourth-order valence-electron chi connectivity index (χ4n) is 3.97. The Hall–Kier alpha value is -3.24. The number of amides is 3.